The number of hydrogen-bond acceptors (Lipinski definition) is 6. The molecule has 226 valence electrons. The standard InChI is InChI=1S/C35H29BrN4O3S2/c1-2-31(34(43)40-35-39-30(22-44-35)24-16-18-26(36)19-17-24)45-28-15-9-14-27(21-28)37-33(42)29(20-23-10-5-3-6-11-23)38-32(41)25-12-7-4-8-13-25/h3-22,31H,2H2,1H3,(H,37,42)(H,38,41)(H,39,40,43)/b29-20-. The summed E-state index contributed by atoms with van der Waals surface area (Å²) in [5.74, 6) is -1.01. The van der Waals surface area contributed by atoms with E-state index in [-0.39, 0.29) is 16.9 Å². The van der Waals surface area contributed by atoms with Gasteiger partial charge in [-0.25, -0.2) is 4.98 Å². The molecule has 1 heterocycles. The zero-order valence-corrected chi connectivity index (χ0v) is 27.4. The van der Waals surface area contributed by atoms with Crippen LogP contribution in [0.5, 0.6) is 0 Å². The van der Waals surface area contributed by atoms with Crippen molar-refractivity contribution in [3.05, 3.63) is 136 Å². The topological polar surface area (TPSA) is 100 Å². The van der Waals surface area contributed by atoms with Gasteiger partial charge in [-0.1, -0.05) is 89.6 Å². The quantitative estimate of drug-likeness (QED) is 0.0950. The van der Waals surface area contributed by atoms with Gasteiger partial charge in [0, 0.05) is 31.6 Å². The minimum absolute atomic E-state index is 0.102. The lowest BCUT2D eigenvalue weighted by Crippen LogP contribution is -2.30. The molecule has 0 aliphatic rings. The van der Waals surface area contributed by atoms with Crippen LogP contribution in [0.1, 0.15) is 29.3 Å². The fourth-order valence-corrected chi connectivity index (χ4v) is 6.26. The third-order valence-corrected chi connectivity index (χ3v) is 9.19. The van der Waals surface area contributed by atoms with Crippen molar-refractivity contribution in [2.75, 3.05) is 10.6 Å². The zero-order valence-electron chi connectivity index (χ0n) is 24.2. The highest BCUT2D eigenvalue weighted by atomic mass is 79.9. The minimum atomic E-state index is -0.472. The van der Waals surface area contributed by atoms with Crippen LogP contribution in [0.4, 0.5) is 10.8 Å². The van der Waals surface area contributed by atoms with Crippen molar-refractivity contribution in [2.45, 2.75) is 23.5 Å². The van der Waals surface area contributed by atoms with Gasteiger partial charge in [0.25, 0.3) is 11.8 Å². The lowest BCUT2D eigenvalue weighted by Gasteiger charge is -2.15. The SMILES string of the molecule is CCC(Sc1cccc(NC(=O)/C(=C/c2ccccc2)NC(=O)c2ccccc2)c1)C(=O)Nc1nc(-c2ccc(Br)cc2)cs1. The number of carbonyl (C=O) groups is 3. The molecule has 5 aromatic rings. The predicted molar refractivity (Wildman–Crippen MR) is 187 cm³/mol. The maximum Gasteiger partial charge on any atom is 0.272 e. The number of amides is 3. The summed E-state index contributed by atoms with van der Waals surface area (Å²) >= 11 is 6.23. The van der Waals surface area contributed by atoms with Crippen LogP contribution in [-0.4, -0.2) is 28.0 Å². The first-order valence-electron chi connectivity index (χ1n) is 14.1. The number of nitrogens with one attached hydrogen (secondary N) is 3. The van der Waals surface area contributed by atoms with E-state index in [9.17, 15) is 14.4 Å². The zero-order chi connectivity index (χ0) is 31.6. The fourth-order valence-electron chi connectivity index (χ4n) is 4.26. The second-order valence-corrected chi connectivity index (χ2v) is 12.9. The summed E-state index contributed by atoms with van der Waals surface area (Å²) in [5.41, 5.74) is 3.61. The van der Waals surface area contributed by atoms with E-state index in [1.54, 1.807) is 36.4 Å². The molecule has 1 aromatic heterocycles. The Labute approximate surface area is 278 Å². The summed E-state index contributed by atoms with van der Waals surface area (Å²) in [5, 5.41) is 10.7. The molecule has 0 aliphatic heterocycles. The number of hydrogen-bond donors (Lipinski definition) is 3. The number of aromatic nitrogens is 1. The van der Waals surface area contributed by atoms with Gasteiger partial charge in [-0.2, -0.15) is 0 Å². The summed E-state index contributed by atoms with van der Waals surface area (Å²) in [4.78, 5) is 44.9. The van der Waals surface area contributed by atoms with Gasteiger partial charge in [-0.05, 0) is 60.5 Å². The molecule has 3 N–H and O–H groups in total. The molecule has 0 saturated carbocycles. The van der Waals surface area contributed by atoms with Gasteiger partial charge in [0.15, 0.2) is 5.13 Å². The van der Waals surface area contributed by atoms with E-state index in [1.807, 2.05) is 91.2 Å². The third-order valence-electron chi connectivity index (χ3n) is 6.55. The Kier molecular flexibility index (Phi) is 11.0. The van der Waals surface area contributed by atoms with E-state index in [1.165, 1.54) is 23.1 Å². The maximum atomic E-state index is 13.4. The second-order valence-electron chi connectivity index (χ2n) is 9.82. The van der Waals surface area contributed by atoms with Gasteiger partial charge >= 0.3 is 0 Å². The van der Waals surface area contributed by atoms with Crippen LogP contribution in [0, 0.1) is 0 Å². The second kappa shape index (κ2) is 15.5. The van der Waals surface area contributed by atoms with Crippen LogP contribution in [0.25, 0.3) is 17.3 Å². The van der Waals surface area contributed by atoms with E-state index in [4.69, 9.17) is 0 Å². The Balaban J connectivity index is 1.26. The molecule has 0 spiro atoms. The molecule has 1 unspecified atom stereocenters. The van der Waals surface area contributed by atoms with Crippen molar-refractivity contribution in [1.82, 2.24) is 10.3 Å². The third kappa shape index (κ3) is 9.01. The van der Waals surface area contributed by atoms with Gasteiger partial charge in [0.1, 0.15) is 5.70 Å². The van der Waals surface area contributed by atoms with Crippen LogP contribution >= 0.6 is 39.0 Å². The number of nitrogens with zero attached hydrogens (tertiary/aromatic N) is 1. The molecule has 7 nitrogen and oxygen atoms in total. The van der Waals surface area contributed by atoms with Crippen molar-refractivity contribution in [1.29, 1.82) is 0 Å². The summed E-state index contributed by atoms with van der Waals surface area (Å²) < 4.78 is 0.986. The van der Waals surface area contributed by atoms with E-state index in [2.05, 4.69) is 36.9 Å². The van der Waals surface area contributed by atoms with Crippen molar-refractivity contribution >= 4 is 73.6 Å². The molecule has 0 radical (unpaired) electrons. The molecule has 0 aliphatic carbocycles. The molecule has 10 heteroatoms. The van der Waals surface area contributed by atoms with Crippen LogP contribution in [0.3, 0.4) is 0 Å². The number of thiazole rings is 1. The summed E-state index contributed by atoms with van der Waals surface area (Å²) in [7, 11) is 0. The smallest absolute Gasteiger partial charge is 0.272 e. The van der Waals surface area contributed by atoms with Crippen molar-refractivity contribution in [3.63, 3.8) is 0 Å². The number of benzene rings is 4. The number of anilines is 2. The molecule has 0 bridgehead atoms. The van der Waals surface area contributed by atoms with Gasteiger partial charge in [-0.15, -0.1) is 23.1 Å². The van der Waals surface area contributed by atoms with Gasteiger partial charge in [-0.3, -0.25) is 14.4 Å². The molecule has 1 atom stereocenters. The fraction of sp³-hybridized carbons (Fsp3) is 0.0857. The largest absolute Gasteiger partial charge is 0.321 e. The Morgan fingerprint density at radius 1 is 0.889 bits per heavy atom. The average molecular weight is 698 g/mol. The Hall–Kier alpha value is -4.51. The van der Waals surface area contributed by atoms with Crippen molar-refractivity contribution in [2.24, 2.45) is 0 Å². The highest BCUT2D eigenvalue weighted by Crippen LogP contribution is 2.30. The first kappa shape index (κ1) is 31.9. The molecule has 45 heavy (non-hydrogen) atoms. The first-order valence-corrected chi connectivity index (χ1v) is 16.7. The maximum absolute atomic E-state index is 13.4. The lowest BCUT2D eigenvalue weighted by molar-refractivity contribution is -0.116. The average Bonchev–Trinajstić information content (AvgIpc) is 3.53. The molecule has 0 saturated heterocycles. The monoisotopic (exact) mass is 696 g/mol. The molecule has 0 fully saturated rings. The van der Waals surface area contributed by atoms with Gasteiger partial charge in [0.05, 0.1) is 10.9 Å². The van der Waals surface area contributed by atoms with E-state index < -0.39 is 11.8 Å². The number of carbonyl (C=O) groups excluding carboxylic acids is 3. The van der Waals surface area contributed by atoms with E-state index >= 15 is 0 Å². The van der Waals surface area contributed by atoms with Crippen LogP contribution in [0.2, 0.25) is 0 Å². The van der Waals surface area contributed by atoms with E-state index in [0.29, 0.717) is 22.8 Å². The van der Waals surface area contributed by atoms with Crippen molar-refractivity contribution in [3.8, 4) is 11.3 Å². The van der Waals surface area contributed by atoms with Crippen LogP contribution in [0.15, 0.2) is 130 Å². The predicted octanol–water partition coefficient (Wildman–Crippen LogP) is 8.49. The highest BCUT2D eigenvalue weighted by molar-refractivity contribution is 9.10. The number of thioether (sulfide) groups is 1. The summed E-state index contributed by atoms with van der Waals surface area (Å²) in [6.07, 6.45) is 2.22. The van der Waals surface area contributed by atoms with E-state index in [0.717, 1.165) is 26.2 Å². The van der Waals surface area contributed by atoms with Gasteiger partial charge < -0.3 is 16.0 Å². The number of rotatable bonds is 11. The first-order chi connectivity index (χ1) is 21.9. The van der Waals surface area contributed by atoms with Crippen molar-refractivity contribution < 1.29 is 14.4 Å². The Morgan fingerprint density at radius 2 is 1.60 bits per heavy atom. The Bertz CT molecular complexity index is 1810. The highest BCUT2D eigenvalue weighted by Gasteiger charge is 2.20. The minimum Gasteiger partial charge on any atom is -0.321 e. The Morgan fingerprint density at radius 3 is 2.31 bits per heavy atom. The molecular weight excluding hydrogens is 668 g/mol. The molecular formula is C35H29BrN4O3S2. The number of halogens is 1. The molecule has 4 aromatic carbocycles. The van der Waals surface area contributed by atoms with Crippen LogP contribution in [-0.2, 0) is 9.59 Å². The molecule has 3 amide bonds. The van der Waals surface area contributed by atoms with Crippen LogP contribution < -0.4 is 16.0 Å². The summed E-state index contributed by atoms with van der Waals surface area (Å²) in [6, 6.07) is 33.1. The summed E-state index contributed by atoms with van der Waals surface area (Å²) in [6.45, 7) is 1.95. The van der Waals surface area contributed by atoms with Gasteiger partial charge in [0.2, 0.25) is 5.91 Å². The molecule has 5 rings (SSSR count). The normalized spacial score (nSPS) is 11.8. The lowest BCUT2D eigenvalue weighted by atomic mass is 10.1.